The molecule has 2 aromatic rings. The lowest BCUT2D eigenvalue weighted by Crippen LogP contribution is -2.60. The highest BCUT2D eigenvalue weighted by atomic mass is 19.1. The Bertz CT molecular complexity index is 1070. The molecule has 1 saturated carbocycles. The predicted molar refractivity (Wildman–Crippen MR) is 149 cm³/mol. The number of hydrogen-bond acceptors (Lipinski definition) is 5. The van der Waals surface area contributed by atoms with Crippen LogP contribution < -0.4 is 20.3 Å². The maximum Gasteiger partial charge on any atom is 0.207 e. The Balaban J connectivity index is 1.24. The van der Waals surface area contributed by atoms with Crippen molar-refractivity contribution in [1.82, 2.24) is 10.6 Å². The van der Waals surface area contributed by atoms with E-state index in [9.17, 15) is 14.3 Å². The summed E-state index contributed by atoms with van der Waals surface area (Å²) in [7, 11) is 0. The average molecular weight is 524 g/mol. The van der Waals surface area contributed by atoms with E-state index in [-0.39, 0.29) is 11.9 Å². The van der Waals surface area contributed by atoms with Gasteiger partial charge in [-0.15, -0.1) is 0 Å². The lowest BCUT2D eigenvalue weighted by Gasteiger charge is -2.53. The first-order chi connectivity index (χ1) is 18.5. The average Bonchev–Trinajstić information content (AvgIpc) is 2.91. The second kappa shape index (κ2) is 12.4. The first-order valence-corrected chi connectivity index (χ1v) is 14.5. The van der Waals surface area contributed by atoms with Gasteiger partial charge in [0.15, 0.2) is 0 Å². The molecule has 2 aromatic carbocycles. The standard InChI is InChI=1S/C31H42FN3O3/c32-25-17-26(35-20-31(21-35)11-14-33-15-12-31)19-28(18-25)38-27(10-13-34-22-36)8-6-23-7-9-30(37)29(16-23)24-4-2-1-3-5-24/h7,9,16-19,22,24,27,33,37H,1-6,8,10-15,20-21H2,(H,34,36). The number of phenolic OH excluding ortho intramolecular Hbond substituents is 1. The molecule has 2 aliphatic heterocycles. The van der Waals surface area contributed by atoms with Crippen LogP contribution >= 0.6 is 0 Å². The van der Waals surface area contributed by atoms with Gasteiger partial charge in [-0.2, -0.15) is 0 Å². The minimum atomic E-state index is -0.288. The maximum atomic E-state index is 14.6. The van der Waals surface area contributed by atoms with Crippen molar-refractivity contribution in [3.05, 3.63) is 53.3 Å². The van der Waals surface area contributed by atoms with Crippen LogP contribution in [0.15, 0.2) is 36.4 Å². The van der Waals surface area contributed by atoms with E-state index in [1.807, 2.05) is 18.2 Å². The number of amides is 1. The summed E-state index contributed by atoms with van der Waals surface area (Å²) >= 11 is 0. The Morgan fingerprint density at radius 1 is 1.11 bits per heavy atom. The van der Waals surface area contributed by atoms with Gasteiger partial charge >= 0.3 is 0 Å². The highest BCUT2D eigenvalue weighted by Crippen LogP contribution is 2.42. The second-order valence-electron chi connectivity index (χ2n) is 11.6. The van der Waals surface area contributed by atoms with Crippen LogP contribution in [0.1, 0.15) is 74.8 Å². The van der Waals surface area contributed by atoms with Crippen molar-refractivity contribution < 1.29 is 19.0 Å². The van der Waals surface area contributed by atoms with Gasteiger partial charge in [-0.3, -0.25) is 4.79 Å². The summed E-state index contributed by atoms with van der Waals surface area (Å²) in [6.45, 7) is 4.56. The van der Waals surface area contributed by atoms with E-state index in [2.05, 4.69) is 21.6 Å². The molecule has 1 atom stereocenters. The van der Waals surface area contributed by atoms with E-state index in [1.165, 1.54) is 43.7 Å². The molecular weight excluding hydrogens is 481 g/mol. The predicted octanol–water partition coefficient (Wildman–Crippen LogP) is 5.29. The number of halogens is 1. The first-order valence-electron chi connectivity index (χ1n) is 14.5. The number of hydrogen-bond donors (Lipinski definition) is 3. The van der Waals surface area contributed by atoms with Crippen molar-refractivity contribution in [2.75, 3.05) is 37.6 Å². The summed E-state index contributed by atoms with van der Waals surface area (Å²) < 4.78 is 21.0. The second-order valence-corrected chi connectivity index (χ2v) is 11.6. The highest BCUT2D eigenvalue weighted by molar-refractivity contribution is 5.54. The van der Waals surface area contributed by atoms with Crippen LogP contribution in [0, 0.1) is 11.2 Å². The molecule has 2 saturated heterocycles. The smallest absolute Gasteiger partial charge is 0.207 e. The summed E-state index contributed by atoms with van der Waals surface area (Å²) in [5.41, 5.74) is 3.48. The summed E-state index contributed by atoms with van der Waals surface area (Å²) in [5, 5.41) is 16.7. The van der Waals surface area contributed by atoms with Gasteiger partial charge in [-0.25, -0.2) is 4.39 Å². The fourth-order valence-corrected chi connectivity index (χ4v) is 6.60. The molecule has 1 unspecified atom stereocenters. The molecular formula is C31H42FN3O3. The van der Waals surface area contributed by atoms with Gasteiger partial charge in [-0.05, 0) is 80.8 Å². The lowest BCUT2D eigenvalue weighted by molar-refractivity contribution is -0.109. The number of nitrogens with one attached hydrogen (secondary N) is 2. The fourth-order valence-electron chi connectivity index (χ4n) is 6.60. The monoisotopic (exact) mass is 523 g/mol. The van der Waals surface area contributed by atoms with Crippen LogP contribution in [0.25, 0.3) is 0 Å². The molecule has 3 N–H and O–H groups in total. The molecule has 2 heterocycles. The lowest BCUT2D eigenvalue weighted by atomic mass is 9.72. The summed E-state index contributed by atoms with van der Waals surface area (Å²) in [5.74, 6) is 1.08. The minimum Gasteiger partial charge on any atom is -0.508 e. The maximum absolute atomic E-state index is 14.6. The van der Waals surface area contributed by atoms with E-state index in [1.54, 1.807) is 6.07 Å². The molecule has 0 aromatic heterocycles. The molecule has 3 aliphatic rings. The van der Waals surface area contributed by atoms with Gasteiger partial charge in [0, 0.05) is 49.3 Å². The molecule has 6 nitrogen and oxygen atoms in total. The number of ether oxygens (including phenoxy) is 1. The topological polar surface area (TPSA) is 73.8 Å². The van der Waals surface area contributed by atoms with E-state index >= 15 is 0 Å². The number of carbonyl (C=O) groups is 1. The van der Waals surface area contributed by atoms with Crippen molar-refractivity contribution in [1.29, 1.82) is 0 Å². The van der Waals surface area contributed by atoms with Crippen LogP contribution in [-0.2, 0) is 11.2 Å². The molecule has 0 radical (unpaired) electrons. The van der Waals surface area contributed by atoms with E-state index in [4.69, 9.17) is 4.74 Å². The first kappa shape index (κ1) is 26.8. The zero-order valence-corrected chi connectivity index (χ0v) is 22.4. The molecule has 1 amide bonds. The Hall–Kier alpha value is -2.80. The minimum absolute atomic E-state index is 0.170. The van der Waals surface area contributed by atoms with Crippen LogP contribution in [0.5, 0.6) is 11.5 Å². The van der Waals surface area contributed by atoms with Crippen molar-refractivity contribution in [2.24, 2.45) is 5.41 Å². The Labute approximate surface area is 225 Å². The van der Waals surface area contributed by atoms with E-state index in [0.29, 0.717) is 42.2 Å². The summed E-state index contributed by atoms with van der Waals surface area (Å²) in [6.07, 6.45) is 11.0. The van der Waals surface area contributed by atoms with Crippen molar-refractivity contribution >= 4 is 12.1 Å². The number of benzene rings is 2. The van der Waals surface area contributed by atoms with Crippen LogP contribution in [0.3, 0.4) is 0 Å². The third kappa shape index (κ3) is 6.60. The number of nitrogens with zero attached hydrogens (tertiary/aromatic N) is 1. The molecule has 206 valence electrons. The third-order valence-corrected chi connectivity index (χ3v) is 8.83. The van der Waals surface area contributed by atoms with Gasteiger partial charge < -0.3 is 25.4 Å². The van der Waals surface area contributed by atoms with E-state index < -0.39 is 0 Å². The largest absolute Gasteiger partial charge is 0.508 e. The number of carbonyl (C=O) groups excluding carboxylic acids is 1. The Kier molecular flexibility index (Phi) is 8.72. The molecule has 3 fully saturated rings. The van der Waals surface area contributed by atoms with Gasteiger partial charge in [0.05, 0.1) is 0 Å². The van der Waals surface area contributed by atoms with Crippen LogP contribution in [0.2, 0.25) is 0 Å². The molecule has 0 bridgehead atoms. The van der Waals surface area contributed by atoms with E-state index in [0.717, 1.165) is 63.1 Å². The molecule has 7 heteroatoms. The Morgan fingerprint density at radius 2 is 1.89 bits per heavy atom. The van der Waals surface area contributed by atoms with Gasteiger partial charge in [0.2, 0.25) is 6.41 Å². The van der Waals surface area contributed by atoms with Gasteiger partial charge in [-0.1, -0.05) is 31.4 Å². The quantitative estimate of drug-likeness (QED) is 0.276. The Morgan fingerprint density at radius 3 is 2.66 bits per heavy atom. The summed E-state index contributed by atoms with van der Waals surface area (Å²) in [6, 6.07) is 11.0. The van der Waals surface area contributed by atoms with Crippen molar-refractivity contribution in [3.63, 3.8) is 0 Å². The number of piperidine rings is 1. The van der Waals surface area contributed by atoms with Gasteiger partial charge in [0.1, 0.15) is 23.4 Å². The third-order valence-electron chi connectivity index (χ3n) is 8.83. The highest BCUT2D eigenvalue weighted by Gasteiger charge is 2.43. The molecule has 1 spiro atoms. The van der Waals surface area contributed by atoms with Crippen LogP contribution in [-0.4, -0.2) is 50.3 Å². The SMILES string of the molecule is O=CNCCC(CCc1ccc(O)c(C2CCCCC2)c1)Oc1cc(F)cc(N2CC3(CCNCC3)C2)c1. The molecule has 38 heavy (non-hydrogen) atoms. The number of aryl methyl sites for hydroxylation is 1. The van der Waals surface area contributed by atoms with Crippen molar-refractivity contribution in [3.8, 4) is 11.5 Å². The zero-order valence-electron chi connectivity index (χ0n) is 22.4. The number of phenols is 1. The van der Waals surface area contributed by atoms with Crippen LogP contribution in [0.4, 0.5) is 10.1 Å². The number of anilines is 1. The molecule has 5 rings (SSSR count). The molecule has 1 aliphatic carbocycles. The van der Waals surface area contributed by atoms with Crippen molar-refractivity contribution in [2.45, 2.75) is 76.2 Å². The number of rotatable bonds is 11. The number of aromatic hydroxyl groups is 1. The fraction of sp³-hybridized carbons (Fsp3) is 0.581. The summed E-state index contributed by atoms with van der Waals surface area (Å²) in [4.78, 5) is 13.1. The zero-order chi connectivity index (χ0) is 26.4. The normalized spacial score (nSPS) is 20.1. The van der Waals surface area contributed by atoms with Gasteiger partial charge in [0.25, 0.3) is 0 Å².